The molecule has 1 amide bonds. The fourth-order valence-electron chi connectivity index (χ4n) is 3.11. The van der Waals surface area contributed by atoms with Crippen molar-refractivity contribution in [2.45, 2.75) is 52.0 Å². The number of carbonyl (C=O) groups is 1. The number of rotatable bonds is 3. The van der Waals surface area contributed by atoms with Gasteiger partial charge in [-0.15, -0.1) is 0 Å². The quantitative estimate of drug-likeness (QED) is 0.890. The van der Waals surface area contributed by atoms with Crippen molar-refractivity contribution in [2.75, 3.05) is 6.54 Å². The molecule has 0 unspecified atom stereocenters. The summed E-state index contributed by atoms with van der Waals surface area (Å²) in [4.78, 5) is 12.5. The molecule has 3 nitrogen and oxygen atoms in total. The lowest BCUT2D eigenvalue weighted by Gasteiger charge is -2.39. The Labute approximate surface area is 121 Å². The molecule has 1 aromatic carbocycles. The minimum Gasteiger partial charge on any atom is -0.345 e. The summed E-state index contributed by atoms with van der Waals surface area (Å²) < 4.78 is 0. The SMILES string of the molecule is Cc1cc(C)cc(C(=O)NC2(CN)CCC(C)CC2)c1. The predicted molar refractivity (Wildman–Crippen MR) is 82.8 cm³/mol. The summed E-state index contributed by atoms with van der Waals surface area (Å²) in [6.45, 7) is 6.83. The van der Waals surface area contributed by atoms with Gasteiger partial charge >= 0.3 is 0 Å². The topological polar surface area (TPSA) is 55.1 Å². The van der Waals surface area contributed by atoms with Crippen LogP contribution in [0.15, 0.2) is 18.2 Å². The van der Waals surface area contributed by atoms with Crippen molar-refractivity contribution in [1.29, 1.82) is 0 Å². The van der Waals surface area contributed by atoms with E-state index in [0.29, 0.717) is 6.54 Å². The van der Waals surface area contributed by atoms with Gasteiger partial charge < -0.3 is 11.1 Å². The standard InChI is InChI=1S/C17H26N2O/c1-12-4-6-17(11-18,7-5-12)19-16(20)15-9-13(2)8-14(3)10-15/h8-10,12H,4-7,11,18H2,1-3H3,(H,19,20). The molecule has 20 heavy (non-hydrogen) atoms. The Balaban J connectivity index is 2.13. The molecule has 2 rings (SSSR count). The van der Waals surface area contributed by atoms with Crippen LogP contribution in [-0.4, -0.2) is 18.0 Å². The third-order valence-electron chi connectivity index (χ3n) is 4.48. The molecule has 1 saturated carbocycles. The third kappa shape index (κ3) is 3.40. The van der Waals surface area contributed by atoms with Gasteiger partial charge in [0.25, 0.3) is 5.91 Å². The number of nitrogens with two attached hydrogens (primary N) is 1. The van der Waals surface area contributed by atoms with Gasteiger partial charge in [0, 0.05) is 12.1 Å². The monoisotopic (exact) mass is 274 g/mol. The Morgan fingerprint density at radius 1 is 1.25 bits per heavy atom. The Bertz CT molecular complexity index is 468. The summed E-state index contributed by atoms with van der Waals surface area (Å²) in [5.41, 5.74) is 8.73. The molecule has 0 heterocycles. The zero-order valence-corrected chi connectivity index (χ0v) is 12.8. The van der Waals surface area contributed by atoms with E-state index in [1.54, 1.807) is 0 Å². The summed E-state index contributed by atoms with van der Waals surface area (Å²) in [6, 6.07) is 5.97. The van der Waals surface area contributed by atoms with E-state index >= 15 is 0 Å². The Kier molecular flexibility index (Phi) is 4.48. The number of benzene rings is 1. The van der Waals surface area contributed by atoms with Gasteiger partial charge in [-0.1, -0.05) is 24.1 Å². The van der Waals surface area contributed by atoms with Crippen LogP contribution in [0.4, 0.5) is 0 Å². The summed E-state index contributed by atoms with van der Waals surface area (Å²) in [5, 5.41) is 3.21. The zero-order valence-electron chi connectivity index (χ0n) is 12.8. The zero-order chi connectivity index (χ0) is 14.8. The first-order valence-electron chi connectivity index (χ1n) is 7.55. The van der Waals surface area contributed by atoms with Crippen LogP contribution in [0.2, 0.25) is 0 Å². The van der Waals surface area contributed by atoms with Gasteiger partial charge in [-0.05, 0) is 57.6 Å². The molecule has 110 valence electrons. The van der Waals surface area contributed by atoms with Crippen LogP contribution in [0.3, 0.4) is 0 Å². The van der Waals surface area contributed by atoms with Crippen LogP contribution >= 0.6 is 0 Å². The molecule has 0 bridgehead atoms. The molecular formula is C17H26N2O. The molecule has 0 saturated heterocycles. The fraction of sp³-hybridized carbons (Fsp3) is 0.588. The van der Waals surface area contributed by atoms with Gasteiger partial charge in [-0.2, -0.15) is 0 Å². The van der Waals surface area contributed by atoms with Crippen molar-refractivity contribution < 1.29 is 4.79 Å². The number of hydrogen-bond donors (Lipinski definition) is 2. The molecule has 1 aliphatic rings. The smallest absolute Gasteiger partial charge is 0.251 e. The predicted octanol–water partition coefficient (Wildman–Crippen LogP) is 2.94. The summed E-state index contributed by atoms with van der Waals surface area (Å²) in [5.74, 6) is 0.754. The third-order valence-corrected chi connectivity index (χ3v) is 4.48. The van der Waals surface area contributed by atoms with E-state index < -0.39 is 0 Å². The lowest BCUT2D eigenvalue weighted by molar-refractivity contribution is 0.0860. The minimum absolute atomic E-state index is 0.0109. The van der Waals surface area contributed by atoms with Crippen LogP contribution < -0.4 is 11.1 Å². The Morgan fingerprint density at radius 3 is 2.30 bits per heavy atom. The molecule has 0 atom stereocenters. The summed E-state index contributed by atoms with van der Waals surface area (Å²) in [6.07, 6.45) is 4.26. The summed E-state index contributed by atoms with van der Waals surface area (Å²) in [7, 11) is 0. The molecule has 1 fully saturated rings. The van der Waals surface area contributed by atoms with Crippen molar-refractivity contribution in [3.8, 4) is 0 Å². The summed E-state index contributed by atoms with van der Waals surface area (Å²) >= 11 is 0. The second kappa shape index (κ2) is 5.96. The van der Waals surface area contributed by atoms with Crippen LogP contribution in [0.5, 0.6) is 0 Å². The molecule has 0 spiro atoms. The van der Waals surface area contributed by atoms with Crippen LogP contribution in [0.1, 0.15) is 54.1 Å². The molecule has 0 aromatic heterocycles. The average molecular weight is 274 g/mol. The van der Waals surface area contributed by atoms with Gasteiger partial charge in [0.2, 0.25) is 0 Å². The van der Waals surface area contributed by atoms with Crippen LogP contribution in [0.25, 0.3) is 0 Å². The first kappa shape index (κ1) is 15.0. The number of hydrogen-bond acceptors (Lipinski definition) is 2. The van der Waals surface area contributed by atoms with E-state index in [4.69, 9.17) is 5.73 Å². The molecule has 1 aliphatic carbocycles. The second-order valence-corrected chi connectivity index (χ2v) is 6.50. The van der Waals surface area contributed by atoms with E-state index in [1.165, 1.54) is 0 Å². The van der Waals surface area contributed by atoms with Gasteiger partial charge in [0.15, 0.2) is 0 Å². The highest BCUT2D eigenvalue weighted by atomic mass is 16.1. The van der Waals surface area contributed by atoms with Gasteiger partial charge in [-0.3, -0.25) is 4.79 Å². The molecular weight excluding hydrogens is 248 g/mol. The number of nitrogens with one attached hydrogen (secondary N) is 1. The Hall–Kier alpha value is -1.35. The molecule has 0 aliphatic heterocycles. The number of aryl methyl sites for hydroxylation is 2. The van der Waals surface area contributed by atoms with Gasteiger partial charge in [0.1, 0.15) is 0 Å². The highest BCUT2D eigenvalue weighted by Crippen LogP contribution is 2.31. The lowest BCUT2D eigenvalue weighted by Crippen LogP contribution is -2.55. The maximum atomic E-state index is 12.5. The molecule has 3 N–H and O–H groups in total. The first-order valence-corrected chi connectivity index (χ1v) is 7.55. The maximum Gasteiger partial charge on any atom is 0.251 e. The van der Waals surface area contributed by atoms with E-state index in [0.717, 1.165) is 48.3 Å². The normalized spacial score (nSPS) is 26.3. The van der Waals surface area contributed by atoms with Crippen LogP contribution in [-0.2, 0) is 0 Å². The first-order chi connectivity index (χ1) is 9.44. The van der Waals surface area contributed by atoms with Gasteiger partial charge in [-0.25, -0.2) is 0 Å². The highest BCUT2D eigenvalue weighted by molar-refractivity contribution is 5.95. The molecule has 3 heteroatoms. The van der Waals surface area contributed by atoms with Crippen LogP contribution in [0, 0.1) is 19.8 Å². The second-order valence-electron chi connectivity index (χ2n) is 6.50. The average Bonchev–Trinajstić information content (AvgIpc) is 2.40. The van der Waals surface area contributed by atoms with Crippen molar-refractivity contribution in [3.05, 3.63) is 34.9 Å². The van der Waals surface area contributed by atoms with E-state index in [2.05, 4.69) is 18.3 Å². The van der Waals surface area contributed by atoms with Crippen molar-refractivity contribution in [1.82, 2.24) is 5.32 Å². The van der Waals surface area contributed by atoms with Gasteiger partial charge in [0.05, 0.1) is 5.54 Å². The highest BCUT2D eigenvalue weighted by Gasteiger charge is 2.34. The largest absolute Gasteiger partial charge is 0.345 e. The van der Waals surface area contributed by atoms with Crippen molar-refractivity contribution in [2.24, 2.45) is 11.7 Å². The fourth-order valence-corrected chi connectivity index (χ4v) is 3.11. The number of amides is 1. The maximum absolute atomic E-state index is 12.5. The lowest BCUT2D eigenvalue weighted by atomic mass is 9.77. The number of carbonyl (C=O) groups excluding carboxylic acids is 1. The molecule has 0 radical (unpaired) electrons. The van der Waals surface area contributed by atoms with E-state index in [9.17, 15) is 4.79 Å². The Morgan fingerprint density at radius 2 is 1.80 bits per heavy atom. The minimum atomic E-state index is -0.207. The van der Waals surface area contributed by atoms with Crippen molar-refractivity contribution in [3.63, 3.8) is 0 Å². The van der Waals surface area contributed by atoms with E-state index in [-0.39, 0.29) is 11.4 Å². The van der Waals surface area contributed by atoms with Crippen molar-refractivity contribution >= 4 is 5.91 Å². The van der Waals surface area contributed by atoms with E-state index in [1.807, 2.05) is 26.0 Å². The molecule has 1 aromatic rings.